The van der Waals surface area contributed by atoms with Gasteiger partial charge in [0.25, 0.3) is 0 Å². The second-order valence-electron chi connectivity index (χ2n) is 4.47. The summed E-state index contributed by atoms with van der Waals surface area (Å²) in [5.41, 5.74) is 1.14. The second kappa shape index (κ2) is 4.63. The van der Waals surface area contributed by atoms with Gasteiger partial charge in [-0.25, -0.2) is 0 Å². The van der Waals surface area contributed by atoms with Gasteiger partial charge in [0.2, 0.25) is 0 Å². The summed E-state index contributed by atoms with van der Waals surface area (Å²) in [7, 11) is 1.50. The van der Waals surface area contributed by atoms with Gasteiger partial charge in [0, 0.05) is 11.0 Å². The van der Waals surface area contributed by atoms with E-state index in [0.717, 1.165) is 11.1 Å². The molecule has 0 atom stereocenters. The standard InChI is InChI=1S/C12H17BrO3/c1-7-5-8(13)11(16-4)10(15)9(7)12(2,3)6-14/h5,14-15H,6H2,1-4H3. The van der Waals surface area contributed by atoms with Crippen molar-refractivity contribution in [3.05, 3.63) is 21.7 Å². The number of benzene rings is 1. The largest absolute Gasteiger partial charge is 0.504 e. The Bertz CT molecular complexity index is 400. The average molecular weight is 289 g/mol. The third-order valence-electron chi connectivity index (χ3n) is 2.68. The van der Waals surface area contributed by atoms with Gasteiger partial charge >= 0.3 is 0 Å². The summed E-state index contributed by atoms with van der Waals surface area (Å²) < 4.78 is 5.84. The first-order valence-corrected chi connectivity index (χ1v) is 5.82. The zero-order chi connectivity index (χ0) is 12.5. The average Bonchev–Trinajstić information content (AvgIpc) is 2.17. The van der Waals surface area contributed by atoms with Gasteiger partial charge in [-0.15, -0.1) is 0 Å². The van der Waals surface area contributed by atoms with Crippen LogP contribution in [0.25, 0.3) is 0 Å². The number of hydrogen-bond acceptors (Lipinski definition) is 3. The summed E-state index contributed by atoms with van der Waals surface area (Å²) in [5.74, 6) is 0.496. The van der Waals surface area contributed by atoms with Gasteiger partial charge in [-0.2, -0.15) is 0 Å². The first-order chi connectivity index (χ1) is 7.35. The van der Waals surface area contributed by atoms with Crippen molar-refractivity contribution in [1.29, 1.82) is 0 Å². The third-order valence-corrected chi connectivity index (χ3v) is 3.27. The molecule has 0 aromatic heterocycles. The normalized spacial score (nSPS) is 11.6. The molecule has 0 fully saturated rings. The smallest absolute Gasteiger partial charge is 0.174 e. The molecule has 0 amide bonds. The molecule has 1 aromatic rings. The molecule has 0 heterocycles. The second-order valence-corrected chi connectivity index (χ2v) is 5.33. The summed E-state index contributed by atoms with van der Waals surface area (Å²) in [5, 5.41) is 19.5. The third kappa shape index (κ3) is 2.18. The van der Waals surface area contributed by atoms with Gasteiger partial charge in [-0.05, 0) is 34.5 Å². The molecule has 90 valence electrons. The van der Waals surface area contributed by atoms with Crippen LogP contribution >= 0.6 is 15.9 Å². The van der Waals surface area contributed by atoms with E-state index in [4.69, 9.17) is 4.74 Å². The molecule has 1 aromatic carbocycles. The fourth-order valence-corrected chi connectivity index (χ4v) is 2.56. The first kappa shape index (κ1) is 13.3. The molecule has 0 saturated heterocycles. The van der Waals surface area contributed by atoms with Crippen molar-refractivity contribution in [1.82, 2.24) is 0 Å². The van der Waals surface area contributed by atoms with Gasteiger partial charge in [0.05, 0.1) is 18.2 Å². The number of phenols is 1. The zero-order valence-corrected chi connectivity index (χ0v) is 11.6. The van der Waals surface area contributed by atoms with Crippen molar-refractivity contribution in [3.63, 3.8) is 0 Å². The van der Waals surface area contributed by atoms with E-state index in [0.29, 0.717) is 10.2 Å². The monoisotopic (exact) mass is 288 g/mol. The maximum absolute atomic E-state index is 10.2. The lowest BCUT2D eigenvalue weighted by Gasteiger charge is -2.26. The van der Waals surface area contributed by atoms with Crippen molar-refractivity contribution < 1.29 is 14.9 Å². The predicted octanol–water partition coefficient (Wildman–Crippen LogP) is 2.74. The molecule has 4 heteroatoms. The molecule has 16 heavy (non-hydrogen) atoms. The van der Waals surface area contributed by atoms with E-state index in [-0.39, 0.29) is 12.4 Å². The molecular weight excluding hydrogens is 272 g/mol. The lowest BCUT2D eigenvalue weighted by Crippen LogP contribution is -2.23. The summed E-state index contributed by atoms with van der Waals surface area (Å²) in [4.78, 5) is 0. The number of phenolic OH excluding ortho intramolecular Hbond substituents is 1. The minimum atomic E-state index is -0.498. The summed E-state index contributed by atoms with van der Waals surface area (Å²) in [6, 6.07) is 1.88. The number of aliphatic hydroxyl groups excluding tert-OH is 1. The SMILES string of the molecule is COc1c(Br)cc(C)c(C(C)(C)CO)c1O. The molecule has 0 aliphatic carbocycles. The highest BCUT2D eigenvalue weighted by Gasteiger charge is 2.28. The molecule has 0 spiro atoms. The van der Waals surface area contributed by atoms with Crippen LogP contribution in [0.4, 0.5) is 0 Å². The minimum absolute atomic E-state index is 0.0355. The van der Waals surface area contributed by atoms with Crippen LogP contribution in [0.3, 0.4) is 0 Å². The molecule has 0 unspecified atom stereocenters. The van der Waals surface area contributed by atoms with Gasteiger partial charge in [0.1, 0.15) is 0 Å². The molecular formula is C12H17BrO3. The summed E-state index contributed by atoms with van der Waals surface area (Å²) in [6.45, 7) is 5.62. The number of halogens is 1. The Morgan fingerprint density at radius 1 is 1.44 bits per heavy atom. The van der Waals surface area contributed by atoms with Gasteiger partial charge in [-0.1, -0.05) is 13.8 Å². The van der Waals surface area contributed by atoms with Crippen LogP contribution in [0, 0.1) is 6.92 Å². The van der Waals surface area contributed by atoms with E-state index in [1.807, 2.05) is 26.8 Å². The van der Waals surface area contributed by atoms with Crippen LogP contribution in [0.1, 0.15) is 25.0 Å². The van der Waals surface area contributed by atoms with E-state index >= 15 is 0 Å². The number of hydrogen-bond donors (Lipinski definition) is 2. The van der Waals surface area contributed by atoms with Crippen molar-refractivity contribution in [2.24, 2.45) is 0 Å². The van der Waals surface area contributed by atoms with Crippen molar-refractivity contribution in [2.45, 2.75) is 26.2 Å². The Morgan fingerprint density at radius 3 is 2.44 bits per heavy atom. The molecule has 2 N–H and O–H groups in total. The molecule has 3 nitrogen and oxygen atoms in total. The Morgan fingerprint density at radius 2 is 2.00 bits per heavy atom. The topological polar surface area (TPSA) is 49.7 Å². The molecule has 1 rings (SSSR count). The van der Waals surface area contributed by atoms with Gasteiger partial charge in [-0.3, -0.25) is 0 Å². The van der Waals surface area contributed by atoms with Crippen LogP contribution in [0.5, 0.6) is 11.5 Å². The van der Waals surface area contributed by atoms with Gasteiger partial charge < -0.3 is 14.9 Å². The number of aryl methyl sites for hydroxylation is 1. The van der Waals surface area contributed by atoms with Crippen molar-refractivity contribution >= 4 is 15.9 Å². The Labute approximate surface area is 104 Å². The number of aliphatic hydroxyl groups is 1. The van der Waals surface area contributed by atoms with Crippen LogP contribution in [-0.2, 0) is 5.41 Å². The first-order valence-electron chi connectivity index (χ1n) is 5.02. The Balaban J connectivity index is 3.51. The highest BCUT2D eigenvalue weighted by Crippen LogP contribution is 2.44. The Hall–Kier alpha value is -0.740. The van der Waals surface area contributed by atoms with Crippen LogP contribution < -0.4 is 4.74 Å². The number of aromatic hydroxyl groups is 1. The number of ether oxygens (including phenoxy) is 1. The van der Waals surface area contributed by atoms with Crippen LogP contribution in [0.15, 0.2) is 10.5 Å². The van der Waals surface area contributed by atoms with E-state index in [1.165, 1.54) is 7.11 Å². The fraction of sp³-hybridized carbons (Fsp3) is 0.500. The van der Waals surface area contributed by atoms with E-state index in [1.54, 1.807) is 0 Å². The van der Waals surface area contributed by atoms with E-state index in [2.05, 4.69) is 15.9 Å². The van der Waals surface area contributed by atoms with Gasteiger partial charge in [0.15, 0.2) is 11.5 Å². The lowest BCUT2D eigenvalue weighted by molar-refractivity contribution is 0.213. The molecule has 0 aliphatic rings. The lowest BCUT2D eigenvalue weighted by atomic mass is 9.82. The molecule has 0 bridgehead atoms. The van der Waals surface area contributed by atoms with Crippen LogP contribution in [0.2, 0.25) is 0 Å². The van der Waals surface area contributed by atoms with Crippen molar-refractivity contribution in [3.8, 4) is 11.5 Å². The maximum atomic E-state index is 10.2. The highest BCUT2D eigenvalue weighted by atomic mass is 79.9. The fourth-order valence-electron chi connectivity index (χ4n) is 1.87. The Kier molecular flexibility index (Phi) is 3.86. The summed E-state index contributed by atoms with van der Waals surface area (Å²) in [6.07, 6.45) is 0. The molecule has 0 aliphatic heterocycles. The minimum Gasteiger partial charge on any atom is -0.504 e. The number of rotatable bonds is 3. The summed E-state index contributed by atoms with van der Waals surface area (Å²) >= 11 is 3.33. The predicted molar refractivity (Wildman–Crippen MR) is 67.2 cm³/mol. The van der Waals surface area contributed by atoms with E-state index < -0.39 is 5.41 Å². The molecule has 0 radical (unpaired) electrons. The van der Waals surface area contributed by atoms with E-state index in [9.17, 15) is 10.2 Å². The quantitative estimate of drug-likeness (QED) is 0.899. The maximum Gasteiger partial charge on any atom is 0.174 e. The zero-order valence-electron chi connectivity index (χ0n) is 9.97. The molecule has 0 saturated carbocycles. The van der Waals surface area contributed by atoms with Crippen LogP contribution in [-0.4, -0.2) is 23.9 Å². The number of methoxy groups -OCH3 is 1. The van der Waals surface area contributed by atoms with Crippen molar-refractivity contribution in [2.75, 3.05) is 13.7 Å². The highest BCUT2D eigenvalue weighted by molar-refractivity contribution is 9.10.